The van der Waals surface area contributed by atoms with Crippen molar-refractivity contribution < 1.29 is 13.2 Å². The van der Waals surface area contributed by atoms with Crippen LogP contribution in [0.1, 0.15) is 26.2 Å². The van der Waals surface area contributed by atoms with Gasteiger partial charge >= 0.3 is 10.2 Å². The maximum atomic E-state index is 12.4. The summed E-state index contributed by atoms with van der Waals surface area (Å²) in [5, 5.41) is 0. The van der Waals surface area contributed by atoms with E-state index in [1.165, 1.54) is 10.5 Å². The molecule has 1 saturated heterocycles. The molecule has 0 aromatic carbocycles. The fraction of sp³-hybridized carbons (Fsp3) is 0.615. The Morgan fingerprint density at radius 3 is 2.90 bits per heavy atom. The van der Waals surface area contributed by atoms with Gasteiger partial charge in [-0.05, 0) is 25.8 Å². The molecule has 1 aromatic rings. The molecule has 0 saturated carbocycles. The smallest absolute Gasteiger partial charge is 0.301 e. The second-order valence-electron chi connectivity index (χ2n) is 4.92. The maximum absolute atomic E-state index is 12.4. The summed E-state index contributed by atoms with van der Waals surface area (Å²) in [7, 11) is -3.60. The van der Waals surface area contributed by atoms with E-state index in [-0.39, 0.29) is 6.04 Å². The van der Waals surface area contributed by atoms with E-state index in [4.69, 9.17) is 10.5 Å². The molecule has 1 atom stereocenters. The van der Waals surface area contributed by atoms with E-state index >= 15 is 0 Å². The highest BCUT2D eigenvalue weighted by Gasteiger charge is 2.31. The first kappa shape index (κ1) is 16.0. The van der Waals surface area contributed by atoms with Gasteiger partial charge in [0.1, 0.15) is 0 Å². The molecule has 3 N–H and O–H groups in total. The van der Waals surface area contributed by atoms with Crippen LogP contribution < -0.4 is 15.2 Å². The van der Waals surface area contributed by atoms with E-state index in [0.717, 1.165) is 19.3 Å². The third-order valence-electron chi connectivity index (χ3n) is 3.43. The zero-order valence-corrected chi connectivity index (χ0v) is 13.0. The fourth-order valence-electron chi connectivity index (χ4n) is 2.41. The molecule has 0 aliphatic carbocycles. The molecule has 21 heavy (non-hydrogen) atoms. The third kappa shape index (κ3) is 4.05. The van der Waals surface area contributed by atoms with E-state index in [1.54, 1.807) is 12.1 Å². The Kier molecular flexibility index (Phi) is 5.38. The molecule has 2 heterocycles. The van der Waals surface area contributed by atoms with Gasteiger partial charge in [0.05, 0.1) is 18.5 Å². The Labute approximate surface area is 125 Å². The third-order valence-corrected chi connectivity index (χ3v) is 5.02. The molecule has 1 fully saturated rings. The van der Waals surface area contributed by atoms with Gasteiger partial charge in [-0.15, -0.1) is 0 Å². The van der Waals surface area contributed by atoms with Crippen molar-refractivity contribution in [1.29, 1.82) is 0 Å². The summed E-state index contributed by atoms with van der Waals surface area (Å²) >= 11 is 0. The molecule has 0 bridgehead atoms. The molecule has 8 heteroatoms. The van der Waals surface area contributed by atoms with E-state index in [1.807, 2.05) is 6.92 Å². The quantitative estimate of drug-likeness (QED) is 0.815. The summed E-state index contributed by atoms with van der Waals surface area (Å²) < 4.78 is 34.1. The van der Waals surface area contributed by atoms with Crippen molar-refractivity contribution in [1.82, 2.24) is 9.29 Å². The molecule has 1 aromatic heterocycles. The van der Waals surface area contributed by atoms with Crippen LogP contribution in [0, 0.1) is 0 Å². The Hall–Kier alpha value is -1.38. The van der Waals surface area contributed by atoms with Gasteiger partial charge in [-0.3, -0.25) is 4.72 Å². The number of hydrogen-bond acceptors (Lipinski definition) is 5. The second-order valence-corrected chi connectivity index (χ2v) is 6.54. The molecule has 0 spiro atoms. The first-order chi connectivity index (χ1) is 10.1. The van der Waals surface area contributed by atoms with Crippen LogP contribution in [-0.4, -0.2) is 43.4 Å². The minimum atomic E-state index is -3.60. The number of ether oxygens (including phenoxy) is 1. The standard InChI is InChI=1S/C13H22N4O3S/c1-2-20-13-7-6-11(10-15-13)16-21(18,19)17-8-4-3-5-12(17)9-14/h6-7,10,12,16H,2-5,8-9,14H2,1H3. The number of nitrogens with zero attached hydrogens (tertiary/aromatic N) is 2. The molecule has 1 aliphatic heterocycles. The summed E-state index contributed by atoms with van der Waals surface area (Å²) in [6.07, 6.45) is 4.13. The molecule has 1 aliphatic rings. The summed E-state index contributed by atoms with van der Waals surface area (Å²) in [6.45, 7) is 3.22. The highest BCUT2D eigenvalue weighted by Crippen LogP contribution is 2.21. The molecule has 118 valence electrons. The minimum Gasteiger partial charge on any atom is -0.478 e. The van der Waals surface area contributed by atoms with Crippen molar-refractivity contribution in [2.24, 2.45) is 5.73 Å². The van der Waals surface area contributed by atoms with Crippen molar-refractivity contribution in [3.8, 4) is 5.88 Å². The summed E-state index contributed by atoms with van der Waals surface area (Å²) in [5.74, 6) is 0.471. The van der Waals surface area contributed by atoms with Crippen LogP contribution in [0.2, 0.25) is 0 Å². The molecule has 2 rings (SSSR count). The van der Waals surface area contributed by atoms with E-state index in [9.17, 15) is 8.42 Å². The number of nitrogens with one attached hydrogen (secondary N) is 1. The highest BCUT2D eigenvalue weighted by atomic mass is 32.2. The van der Waals surface area contributed by atoms with Crippen molar-refractivity contribution in [2.75, 3.05) is 24.4 Å². The zero-order chi connectivity index (χ0) is 15.3. The Morgan fingerprint density at radius 1 is 1.48 bits per heavy atom. The van der Waals surface area contributed by atoms with E-state index in [0.29, 0.717) is 31.3 Å². The minimum absolute atomic E-state index is 0.132. The van der Waals surface area contributed by atoms with Crippen molar-refractivity contribution in [3.63, 3.8) is 0 Å². The second kappa shape index (κ2) is 7.06. The first-order valence-electron chi connectivity index (χ1n) is 7.15. The Morgan fingerprint density at radius 2 is 2.29 bits per heavy atom. The van der Waals surface area contributed by atoms with Crippen LogP contribution in [0.15, 0.2) is 18.3 Å². The number of rotatable bonds is 6. The highest BCUT2D eigenvalue weighted by molar-refractivity contribution is 7.90. The van der Waals surface area contributed by atoms with Crippen LogP contribution in [-0.2, 0) is 10.2 Å². The molecule has 1 unspecified atom stereocenters. The average molecular weight is 314 g/mol. The van der Waals surface area contributed by atoms with Gasteiger partial charge in [0.25, 0.3) is 0 Å². The number of pyridine rings is 1. The number of hydrogen-bond donors (Lipinski definition) is 2. The van der Waals surface area contributed by atoms with Crippen LogP contribution in [0.5, 0.6) is 5.88 Å². The molecule has 0 amide bonds. The monoisotopic (exact) mass is 314 g/mol. The SMILES string of the molecule is CCOc1ccc(NS(=O)(=O)N2CCCCC2CN)cn1. The predicted octanol–water partition coefficient (Wildman–Crippen LogP) is 0.950. The van der Waals surface area contributed by atoms with Crippen molar-refractivity contribution >= 4 is 15.9 Å². The van der Waals surface area contributed by atoms with Gasteiger partial charge in [-0.25, -0.2) is 4.98 Å². The summed E-state index contributed by atoms with van der Waals surface area (Å²) in [5.41, 5.74) is 6.09. The lowest BCUT2D eigenvalue weighted by Crippen LogP contribution is -2.49. The number of piperidine rings is 1. The lowest BCUT2D eigenvalue weighted by Gasteiger charge is -2.33. The molecule has 0 radical (unpaired) electrons. The van der Waals surface area contributed by atoms with Crippen LogP contribution in [0.3, 0.4) is 0 Å². The van der Waals surface area contributed by atoms with Gasteiger partial charge in [-0.2, -0.15) is 12.7 Å². The number of anilines is 1. The van der Waals surface area contributed by atoms with Gasteiger partial charge < -0.3 is 10.5 Å². The van der Waals surface area contributed by atoms with E-state index < -0.39 is 10.2 Å². The topological polar surface area (TPSA) is 97.5 Å². The van der Waals surface area contributed by atoms with Crippen molar-refractivity contribution in [2.45, 2.75) is 32.2 Å². The van der Waals surface area contributed by atoms with Crippen molar-refractivity contribution in [3.05, 3.63) is 18.3 Å². The largest absolute Gasteiger partial charge is 0.478 e. The van der Waals surface area contributed by atoms with Crippen LogP contribution in [0.25, 0.3) is 0 Å². The number of nitrogens with two attached hydrogens (primary N) is 1. The van der Waals surface area contributed by atoms with E-state index in [2.05, 4.69) is 9.71 Å². The van der Waals surface area contributed by atoms with Crippen LogP contribution >= 0.6 is 0 Å². The molecule has 7 nitrogen and oxygen atoms in total. The average Bonchev–Trinajstić information content (AvgIpc) is 2.49. The zero-order valence-electron chi connectivity index (χ0n) is 12.2. The first-order valence-corrected chi connectivity index (χ1v) is 8.59. The van der Waals surface area contributed by atoms with Gasteiger partial charge in [0, 0.05) is 25.2 Å². The summed E-state index contributed by atoms with van der Waals surface area (Å²) in [4.78, 5) is 4.04. The lowest BCUT2D eigenvalue weighted by atomic mass is 10.1. The summed E-state index contributed by atoms with van der Waals surface area (Å²) in [6, 6.07) is 3.14. The molecular formula is C13H22N4O3S. The maximum Gasteiger partial charge on any atom is 0.301 e. The van der Waals surface area contributed by atoms with Gasteiger partial charge in [-0.1, -0.05) is 6.42 Å². The lowest BCUT2D eigenvalue weighted by molar-refractivity contribution is 0.259. The normalized spacial score (nSPS) is 20.2. The van der Waals surface area contributed by atoms with Gasteiger partial charge in [0.2, 0.25) is 5.88 Å². The molecular weight excluding hydrogens is 292 g/mol. The Balaban J connectivity index is 2.09. The van der Waals surface area contributed by atoms with Crippen LogP contribution in [0.4, 0.5) is 5.69 Å². The number of aromatic nitrogens is 1. The fourth-order valence-corrected chi connectivity index (χ4v) is 3.90. The van der Waals surface area contributed by atoms with Gasteiger partial charge in [0.15, 0.2) is 0 Å². The predicted molar refractivity (Wildman–Crippen MR) is 81.3 cm³/mol. The Bertz CT molecular complexity index is 547.